The number of ether oxygens (including phenoxy) is 5. The molecule has 1 saturated carbocycles. The molecule has 3 aliphatic heterocycles. The first-order valence-corrected chi connectivity index (χ1v) is 9.02. The number of esters is 1. The second-order valence-corrected chi connectivity index (χ2v) is 7.48. The molecule has 162 valence electrons. The maximum atomic E-state index is 12.1. The fraction of sp³-hybridized carbons (Fsp3) is 0.765. The zero-order valence-corrected chi connectivity index (χ0v) is 15.2. The lowest BCUT2D eigenvalue weighted by atomic mass is 9.79. The number of hydrogen-bond acceptors (Lipinski definition) is 12. The van der Waals surface area contributed by atoms with Gasteiger partial charge < -0.3 is 54.0 Å². The summed E-state index contributed by atoms with van der Waals surface area (Å²) in [6.45, 7) is -0.662. The minimum atomic E-state index is -2.04. The Morgan fingerprint density at radius 1 is 1.21 bits per heavy atom. The van der Waals surface area contributed by atoms with Gasteiger partial charge in [0.15, 0.2) is 18.2 Å². The van der Waals surface area contributed by atoms with Gasteiger partial charge in [-0.05, 0) is 0 Å². The number of methoxy groups -OCH3 is 1. The van der Waals surface area contributed by atoms with Crippen LogP contribution in [0.3, 0.4) is 0 Å². The van der Waals surface area contributed by atoms with Crippen LogP contribution in [0.5, 0.6) is 0 Å². The molecule has 4 rings (SSSR count). The first-order valence-electron chi connectivity index (χ1n) is 9.02. The molecular weight excluding hydrogens is 396 g/mol. The average Bonchev–Trinajstić information content (AvgIpc) is 3.49. The molecule has 5 N–H and O–H groups in total. The first-order chi connectivity index (χ1) is 13.8. The van der Waals surface area contributed by atoms with Crippen LogP contribution >= 0.6 is 0 Å². The van der Waals surface area contributed by atoms with Gasteiger partial charge in [-0.3, -0.25) is 0 Å². The van der Waals surface area contributed by atoms with Gasteiger partial charge in [-0.2, -0.15) is 0 Å². The Balaban J connectivity index is 1.61. The van der Waals surface area contributed by atoms with Crippen LogP contribution in [-0.2, 0) is 33.3 Å². The lowest BCUT2D eigenvalue weighted by Crippen LogP contribution is -2.61. The number of carbonyl (C=O) groups is 2. The number of aliphatic hydroxyl groups excluding tert-OH is 4. The number of carbonyl (C=O) groups excluding carboxylic acids is 2. The molecule has 0 spiro atoms. The van der Waals surface area contributed by atoms with Crippen LogP contribution in [0.2, 0.25) is 0 Å². The van der Waals surface area contributed by atoms with Gasteiger partial charge in [0.1, 0.15) is 30.5 Å². The second kappa shape index (κ2) is 7.25. The highest BCUT2D eigenvalue weighted by molar-refractivity contribution is 5.90. The van der Waals surface area contributed by atoms with E-state index in [1.54, 1.807) is 0 Å². The van der Waals surface area contributed by atoms with Gasteiger partial charge in [0.05, 0.1) is 37.6 Å². The van der Waals surface area contributed by atoms with Gasteiger partial charge in [0.25, 0.3) is 0 Å². The number of aldehydes is 1. The first kappa shape index (κ1) is 20.6. The van der Waals surface area contributed by atoms with Crippen molar-refractivity contribution in [2.75, 3.05) is 13.7 Å². The molecule has 11 atom stereocenters. The summed E-state index contributed by atoms with van der Waals surface area (Å²) in [5.41, 5.74) is -1.99. The highest BCUT2D eigenvalue weighted by Gasteiger charge is 2.75. The van der Waals surface area contributed by atoms with Crippen molar-refractivity contribution in [2.45, 2.75) is 54.8 Å². The Bertz CT molecular complexity index is 709. The van der Waals surface area contributed by atoms with Crippen molar-refractivity contribution in [3.8, 4) is 0 Å². The molecule has 1 aliphatic carbocycles. The molecule has 3 fully saturated rings. The summed E-state index contributed by atoms with van der Waals surface area (Å²) < 4.78 is 26.4. The molecule has 0 unspecified atom stereocenters. The van der Waals surface area contributed by atoms with Crippen molar-refractivity contribution < 1.29 is 58.8 Å². The van der Waals surface area contributed by atoms with Gasteiger partial charge in [-0.15, -0.1) is 0 Å². The van der Waals surface area contributed by atoms with Crippen molar-refractivity contribution in [1.82, 2.24) is 0 Å². The summed E-state index contributed by atoms with van der Waals surface area (Å²) in [4.78, 5) is 23.8. The third kappa shape index (κ3) is 2.99. The van der Waals surface area contributed by atoms with E-state index in [9.17, 15) is 35.1 Å². The highest BCUT2D eigenvalue weighted by atomic mass is 16.8. The predicted octanol–water partition coefficient (Wildman–Crippen LogP) is -3.84. The fourth-order valence-corrected chi connectivity index (χ4v) is 4.39. The van der Waals surface area contributed by atoms with E-state index in [4.69, 9.17) is 23.7 Å². The lowest BCUT2D eigenvalue weighted by Gasteiger charge is -2.44. The molecule has 29 heavy (non-hydrogen) atoms. The van der Waals surface area contributed by atoms with E-state index in [2.05, 4.69) is 0 Å². The largest absolute Gasteiger partial charge is 0.471 e. The Kier molecular flexibility index (Phi) is 5.16. The van der Waals surface area contributed by atoms with Crippen molar-refractivity contribution >= 4 is 12.3 Å². The molecule has 2 saturated heterocycles. The molecule has 3 heterocycles. The topological polar surface area (TPSA) is 185 Å². The minimum absolute atomic E-state index is 0.0522. The minimum Gasteiger partial charge on any atom is -0.471 e. The van der Waals surface area contributed by atoms with E-state index in [1.165, 1.54) is 7.11 Å². The quantitative estimate of drug-likeness (QED) is 0.167. The summed E-state index contributed by atoms with van der Waals surface area (Å²) in [5, 5.41) is 50.1. The SMILES string of the molecule is COC(=O)C1=CO[C@@H](O[C@@H]2O[C@H](CO)[C@@H](O)[C@H](O)[C@H]2O)[C@H]2[C@@H]1[C@@H]1O[C@@H]1[C@@]2(O)C=O. The van der Waals surface area contributed by atoms with Gasteiger partial charge in [-0.1, -0.05) is 0 Å². The van der Waals surface area contributed by atoms with Gasteiger partial charge in [0.2, 0.25) is 6.29 Å². The van der Waals surface area contributed by atoms with E-state index >= 15 is 0 Å². The number of epoxide rings is 1. The predicted molar refractivity (Wildman–Crippen MR) is 86.5 cm³/mol. The Morgan fingerprint density at radius 3 is 2.55 bits per heavy atom. The zero-order valence-electron chi connectivity index (χ0n) is 15.2. The van der Waals surface area contributed by atoms with E-state index in [-0.39, 0.29) is 11.9 Å². The van der Waals surface area contributed by atoms with Crippen molar-refractivity contribution in [3.05, 3.63) is 11.8 Å². The smallest absolute Gasteiger partial charge is 0.337 e. The van der Waals surface area contributed by atoms with Crippen molar-refractivity contribution in [1.29, 1.82) is 0 Å². The van der Waals surface area contributed by atoms with Crippen LogP contribution < -0.4 is 0 Å². The summed E-state index contributed by atoms with van der Waals surface area (Å²) in [7, 11) is 1.17. The van der Waals surface area contributed by atoms with Crippen LogP contribution in [0.4, 0.5) is 0 Å². The molecule has 0 bridgehead atoms. The molecule has 0 aromatic rings. The molecule has 12 nitrogen and oxygen atoms in total. The van der Waals surface area contributed by atoms with Crippen molar-refractivity contribution in [3.63, 3.8) is 0 Å². The summed E-state index contributed by atoms with van der Waals surface area (Å²) in [6, 6.07) is 0. The average molecular weight is 418 g/mol. The van der Waals surface area contributed by atoms with E-state index < -0.39 is 79.2 Å². The van der Waals surface area contributed by atoms with Crippen LogP contribution in [0.1, 0.15) is 0 Å². The van der Waals surface area contributed by atoms with Gasteiger partial charge in [0, 0.05) is 5.92 Å². The van der Waals surface area contributed by atoms with Gasteiger partial charge >= 0.3 is 5.97 Å². The molecule has 0 radical (unpaired) electrons. The molecular formula is C17H22O12. The second-order valence-electron chi connectivity index (χ2n) is 7.48. The van der Waals surface area contributed by atoms with Gasteiger partial charge in [-0.25, -0.2) is 4.79 Å². The normalized spacial score (nSPS) is 50.6. The number of hydrogen-bond donors (Lipinski definition) is 5. The fourth-order valence-electron chi connectivity index (χ4n) is 4.39. The third-order valence-electron chi connectivity index (χ3n) is 5.96. The number of fused-ring (bicyclic) bond motifs is 3. The summed E-state index contributed by atoms with van der Waals surface area (Å²) >= 11 is 0. The summed E-state index contributed by atoms with van der Waals surface area (Å²) in [6.07, 6.45) is -9.28. The lowest BCUT2D eigenvalue weighted by molar-refractivity contribution is -0.347. The summed E-state index contributed by atoms with van der Waals surface area (Å²) in [5.74, 6) is -2.61. The molecule has 4 aliphatic rings. The molecule has 0 aromatic carbocycles. The number of aliphatic hydroxyl groups is 5. The molecule has 0 amide bonds. The van der Waals surface area contributed by atoms with Crippen LogP contribution in [0, 0.1) is 11.8 Å². The van der Waals surface area contributed by atoms with Crippen LogP contribution in [0.15, 0.2) is 11.8 Å². The Morgan fingerprint density at radius 2 is 1.93 bits per heavy atom. The maximum Gasteiger partial charge on any atom is 0.337 e. The third-order valence-corrected chi connectivity index (χ3v) is 5.96. The monoisotopic (exact) mass is 418 g/mol. The van der Waals surface area contributed by atoms with E-state index in [1.807, 2.05) is 0 Å². The molecule has 0 aromatic heterocycles. The Hall–Kier alpha value is -1.64. The Labute approximate surface area is 164 Å². The number of rotatable bonds is 5. The van der Waals surface area contributed by atoms with E-state index in [0.717, 1.165) is 6.26 Å². The van der Waals surface area contributed by atoms with E-state index in [0.29, 0.717) is 0 Å². The highest BCUT2D eigenvalue weighted by Crippen LogP contribution is 2.58. The van der Waals surface area contributed by atoms with Crippen LogP contribution in [0.25, 0.3) is 0 Å². The zero-order chi connectivity index (χ0) is 21.1. The standard InChI is InChI=1S/C17H22O12/c1-25-14(23)5-3-26-15(8-7(5)12-13(28-12)17(8,24)4-19)29-16-11(22)10(21)9(20)6(2-18)27-16/h3-4,6-13,15-16,18,20-22,24H,2H2,1H3/t6-,7-,8-,9-,10+,11-,12+,13+,15+,16+,17-/m1/s1. The van der Waals surface area contributed by atoms with Crippen molar-refractivity contribution in [2.24, 2.45) is 11.8 Å². The molecule has 12 heteroatoms. The van der Waals surface area contributed by atoms with Crippen LogP contribution in [-0.4, -0.2) is 106 Å². The maximum absolute atomic E-state index is 12.1.